The van der Waals surface area contributed by atoms with Gasteiger partial charge in [-0.15, -0.1) is 11.3 Å². The maximum absolute atomic E-state index is 13.8. The van der Waals surface area contributed by atoms with Crippen molar-refractivity contribution in [1.29, 1.82) is 0 Å². The third kappa shape index (κ3) is 4.13. The Labute approximate surface area is 174 Å². The first-order chi connectivity index (χ1) is 14.4. The van der Waals surface area contributed by atoms with Crippen LogP contribution in [0.3, 0.4) is 0 Å². The summed E-state index contributed by atoms with van der Waals surface area (Å²) in [6.45, 7) is 6.20. The lowest BCUT2D eigenvalue weighted by Gasteiger charge is -2.13. The molecular formula is C20H10F6O4S. The molecule has 4 nitrogen and oxygen atoms in total. The van der Waals surface area contributed by atoms with Crippen LogP contribution in [-0.4, -0.2) is 11.9 Å². The smallest absolute Gasteiger partial charge is 0.421 e. The van der Waals surface area contributed by atoms with E-state index < -0.39 is 56.3 Å². The van der Waals surface area contributed by atoms with E-state index in [4.69, 9.17) is 0 Å². The molecule has 0 bridgehead atoms. The van der Waals surface area contributed by atoms with E-state index in [-0.39, 0.29) is 22.1 Å². The number of carbonyl (C=O) groups excluding carboxylic acids is 2. The van der Waals surface area contributed by atoms with Gasteiger partial charge in [0.15, 0.2) is 0 Å². The molecule has 31 heavy (non-hydrogen) atoms. The molecule has 0 aliphatic heterocycles. The van der Waals surface area contributed by atoms with Gasteiger partial charge in [0.1, 0.15) is 22.6 Å². The first-order valence-corrected chi connectivity index (χ1v) is 9.05. The lowest BCUT2D eigenvalue weighted by molar-refractivity contribution is -0.141. The molecule has 0 spiro atoms. The summed E-state index contributed by atoms with van der Waals surface area (Å²) in [5, 5.41) is -0.282. The average molecular weight is 460 g/mol. The number of thiophene rings is 1. The van der Waals surface area contributed by atoms with Crippen molar-refractivity contribution >= 4 is 43.4 Å². The lowest BCUT2D eigenvalue weighted by Crippen LogP contribution is -2.11. The highest BCUT2D eigenvalue weighted by Gasteiger charge is 2.41. The van der Waals surface area contributed by atoms with Crippen LogP contribution < -0.4 is 9.47 Å². The van der Waals surface area contributed by atoms with Gasteiger partial charge in [-0.25, -0.2) is 9.59 Å². The number of hydrogen-bond acceptors (Lipinski definition) is 5. The van der Waals surface area contributed by atoms with E-state index in [0.29, 0.717) is 12.2 Å². The van der Waals surface area contributed by atoms with Crippen LogP contribution in [0.15, 0.2) is 49.6 Å². The maximum Gasteiger partial charge on any atom is 0.421 e. The Morgan fingerprint density at radius 1 is 0.742 bits per heavy atom. The van der Waals surface area contributed by atoms with E-state index in [2.05, 4.69) is 22.6 Å². The van der Waals surface area contributed by atoms with Crippen LogP contribution in [0.5, 0.6) is 11.5 Å². The number of alkyl halides is 6. The molecule has 0 saturated heterocycles. The summed E-state index contributed by atoms with van der Waals surface area (Å²) in [6.07, 6.45) is -8.80. The minimum absolute atomic E-state index is 0.141. The van der Waals surface area contributed by atoms with Crippen molar-refractivity contribution in [2.45, 2.75) is 12.4 Å². The van der Waals surface area contributed by atoms with Gasteiger partial charge in [0.25, 0.3) is 0 Å². The summed E-state index contributed by atoms with van der Waals surface area (Å²) in [7, 11) is 0. The normalized spacial score (nSPS) is 12.1. The van der Waals surface area contributed by atoms with Crippen LogP contribution in [0.2, 0.25) is 0 Å². The Morgan fingerprint density at radius 3 is 1.39 bits per heavy atom. The highest BCUT2D eigenvalue weighted by atomic mass is 32.1. The van der Waals surface area contributed by atoms with Gasteiger partial charge in [-0.05, 0) is 24.3 Å². The second-order valence-corrected chi connectivity index (χ2v) is 7.00. The predicted molar refractivity (Wildman–Crippen MR) is 101 cm³/mol. The second kappa shape index (κ2) is 7.73. The Balaban J connectivity index is 2.42. The predicted octanol–water partition coefficient (Wildman–Crippen LogP) is 6.27. The number of halogens is 6. The Morgan fingerprint density at radius 2 is 1.10 bits per heavy atom. The number of benzene rings is 2. The standard InChI is InChI=1S/C20H10F6O4S/c1-3-13(27)29-11-7-5-9-10-6-8-12(30-14(28)4-2)16(20(24,25)26)18(10)31-17(9)15(11)19(21,22)23/h3-8H,1-2H2. The molecular weight excluding hydrogens is 450 g/mol. The van der Waals surface area contributed by atoms with Gasteiger partial charge < -0.3 is 9.47 Å². The quantitative estimate of drug-likeness (QED) is 0.199. The molecule has 0 aliphatic rings. The third-order valence-electron chi connectivity index (χ3n) is 4.05. The molecule has 0 aliphatic carbocycles. The van der Waals surface area contributed by atoms with E-state index in [1.807, 2.05) is 0 Å². The summed E-state index contributed by atoms with van der Waals surface area (Å²) in [5.41, 5.74) is -2.81. The van der Waals surface area contributed by atoms with Crippen molar-refractivity contribution in [3.63, 3.8) is 0 Å². The second-order valence-electron chi connectivity index (χ2n) is 5.98. The molecule has 1 heterocycles. The minimum Gasteiger partial charge on any atom is -0.423 e. The highest BCUT2D eigenvalue weighted by molar-refractivity contribution is 7.26. The first-order valence-electron chi connectivity index (χ1n) is 8.23. The van der Waals surface area contributed by atoms with Gasteiger partial charge in [0, 0.05) is 22.9 Å². The SMILES string of the molecule is C=CC(=O)Oc1ccc2c(sc3c(C(F)(F)F)c(OC(=O)C=C)ccc32)c1C(F)(F)F. The van der Waals surface area contributed by atoms with E-state index in [0.717, 1.165) is 24.3 Å². The zero-order valence-electron chi connectivity index (χ0n) is 15.2. The Hall–Kier alpha value is -3.34. The monoisotopic (exact) mass is 460 g/mol. The summed E-state index contributed by atoms with van der Waals surface area (Å²) in [6, 6.07) is 3.92. The van der Waals surface area contributed by atoms with Gasteiger partial charge in [0.2, 0.25) is 0 Å². The fourth-order valence-electron chi connectivity index (χ4n) is 2.87. The van der Waals surface area contributed by atoms with Crippen LogP contribution >= 0.6 is 11.3 Å². The molecule has 0 amide bonds. The van der Waals surface area contributed by atoms with Gasteiger partial charge >= 0.3 is 24.3 Å². The van der Waals surface area contributed by atoms with Gasteiger partial charge in [-0.1, -0.05) is 13.2 Å². The maximum atomic E-state index is 13.8. The molecule has 2 aromatic carbocycles. The van der Waals surface area contributed by atoms with Crippen LogP contribution in [-0.2, 0) is 21.9 Å². The molecule has 0 N–H and O–H groups in total. The molecule has 0 unspecified atom stereocenters. The summed E-state index contributed by atoms with van der Waals surface area (Å²) < 4.78 is 90.8. The van der Waals surface area contributed by atoms with E-state index >= 15 is 0 Å². The van der Waals surface area contributed by atoms with Crippen molar-refractivity contribution in [3.8, 4) is 11.5 Å². The van der Waals surface area contributed by atoms with Crippen molar-refractivity contribution in [2.75, 3.05) is 0 Å². The number of esters is 2. The molecule has 0 radical (unpaired) electrons. The number of ether oxygens (including phenoxy) is 2. The number of hydrogen-bond donors (Lipinski definition) is 0. The van der Waals surface area contributed by atoms with Crippen molar-refractivity contribution < 1.29 is 45.4 Å². The van der Waals surface area contributed by atoms with Crippen molar-refractivity contribution in [2.24, 2.45) is 0 Å². The zero-order valence-corrected chi connectivity index (χ0v) is 16.0. The number of fused-ring (bicyclic) bond motifs is 3. The Kier molecular flexibility index (Phi) is 5.57. The zero-order chi connectivity index (χ0) is 23.1. The van der Waals surface area contributed by atoms with Crippen LogP contribution in [0, 0.1) is 0 Å². The molecule has 11 heteroatoms. The topological polar surface area (TPSA) is 52.6 Å². The molecule has 0 saturated carbocycles. The minimum atomic E-state index is -5.05. The largest absolute Gasteiger partial charge is 0.423 e. The molecule has 1 aromatic heterocycles. The van der Waals surface area contributed by atoms with Crippen molar-refractivity contribution in [1.82, 2.24) is 0 Å². The highest BCUT2D eigenvalue weighted by Crippen LogP contribution is 2.51. The van der Waals surface area contributed by atoms with Crippen LogP contribution in [0.25, 0.3) is 20.2 Å². The lowest BCUT2D eigenvalue weighted by atomic mass is 10.0. The number of carbonyl (C=O) groups is 2. The fraction of sp³-hybridized carbons (Fsp3) is 0.100. The average Bonchev–Trinajstić information content (AvgIpc) is 3.03. The summed E-state index contributed by atoms with van der Waals surface area (Å²) in [4.78, 5) is 22.8. The van der Waals surface area contributed by atoms with Crippen molar-refractivity contribution in [3.05, 3.63) is 60.7 Å². The summed E-state index contributed by atoms with van der Waals surface area (Å²) in [5.74, 6) is -4.08. The number of rotatable bonds is 4. The Bertz CT molecular complexity index is 1140. The van der Waals surface area contributed by atoms with Crippen LogP contribution in [0.4, 0.5) is 26.3 Å². The fourth-order valence-corrected chi connectivity index (χ4v) is 4.29. The van der Waals surface area contributed by atoms with Gasteiger partial charge in [-0.3, -0.25) is 0 Å². The van der Waals surface area contributed by atoms with Gasteiger partial charge in [0.05, 0.1) is 9.40 Å². The van der Waals surface area contributed by atoms with E-state index in [1.165, 1.54) is 0 Å². The molecule has 3 aromatic rings. The third-order valence-corrected chi connectivity index (χ3v) is 5.31. The molecule has 0 atom stereocenters. The summed E-state index contributed by atoms with van der Waals surface area (Å²) >= 11 is 0.192. The van der Waals surface area contributed by atoms with E-state index in [1.54, 1.807) is 0 Å². The molecule has 0 fully saturated rings. The van der Waals surface area contributed by atoms with E-state index in [9.17, 15) is 35.9 Å². The van der Waals surface area contributed by atoms with Crippen LogP contribution in [0.1, 0.15) is 11.1 Å². The first kappa shape index (κ1) is 22.3. The molecule has 162 valence electrons. The van der Waals surface area contributed by atoms with Gasteiger partial charge in [-0.2, -0.15) is 26.3 Å². The molecule has 3 rings (SSSR count).